The zero-order valence-electron chi connectivity index (χ0n) is 18.2. The second-order valence-electron chi connectivity index (χ2n) is 7.39. The van der Waals surface area contributed by atoms with Crippen LogP contribution in [0.3, 0.4) is 0 Å². The summed E-state index contributed by atoms with van der Waals surface area (Å²) in [6.07, 6.45) is 0. The van der Waals surface area contributed by atoms with Crippen molar-refractivity contribution in [3.05, 3.63) is 94.0 Å². The molecule has 3 rings (SSSR count). The normalized spacial score (nSPS) is 12.4. The number of carbonyl (C=O) groups is 1. The first kappa shape index (κ1) is 25.1. The molecule has 0 saturated heterocycles. The molecule has 0 aliphatic carbocycles. The lowest BCUT2D eigenvalue weighted by molar-refractivity contribution is -0.122. The van der Waals surface area contributed by atoms with Gasteiger partial charge in [0.05, 0.1) is 19.7 Å². The summed E-state index contributed by atoms with van der Waals surface area (Å²) in [6, 6.07) is 20.1. The van der Waals surface area contributed by atoms with Gasteiger partial charge in [0.2, 0.25) is 15.9 Å². The summed E-state index contributed by atoms with van der Waals surface area (Å²) < 4.78 is 33.5. The third kappa shape index (κ3) is 6.48. The first-order chi connectivity index (χ1) is 15.7. The maximum absolute atomic E-state index is 13.6. The Balaban J connectivity index is 1.89. The third-order valence-electron chi connectivity index (χ3n) is 5.01. The van der Waals surface area contributed by atoms with Crippen molar-refractivity contribution in [2.45, 2.75) is 24.4 Å². The molecule has 9 heteroatoms. The number of hydrogen-bond donors (Lipinski definition) is 1. The van der Waals surface area contributed by atoms with Gasteiger partial charge in [-0.3, -0.25) is 4.79 Å². The molecule has 1 atom stereocenters. The lowest BCUT2D eigenvalue weighted by Crippen LogP contribution is -2.41. The van der Waals surface area contributed by atoms with Gasteiger partial charge in [-0.25, -0.2) is 8.42 Å². The van der Waals surface area contributed by atoms with Crippen LogP contribution in [0.2, 0.25) is 10.0 Å². The first-order valence-corrected chi connectivity index (χ1v) is 12.3. The summed E-state index contributed by atoms with van der Waals surface area (Å²) in [7, 11) is -2.74. The van der Waals surface area contributed by atoms with E-state index in [1.807, 2.05) is 37.3 Å². The van der Waals surface area contributed by atoms with Gasteiger partial charge in [-0.2, -0.15) is 4.31 Å². The molecule has 174 valence electrons. The Morgan fingerprint density at radius 2 is 1.64 bits per heavy atom. The number of halogens is 2. The summed E-state index contributed by atoms with van der Waals surface area (Å²) in [6.45, 7) is 1.43. The van der Waals surface area contributed by atoms with Crippen LogP contribution in [0.15, 0.2) is 77.7 Å². The fraction of sp³-hybridized carbons (Fsp3) is 0.208. The van der Waals surface area contributed by atoms with E-state index < -0.39 is 15.9 Å². The summed E-state index contributed by atoms with van der Waals surface area (Å²) >= 11 is 12.0. The highest BCUT2D eigenvalue weighted by molar-refractivity contribution is 7.89. The second kappa shape index (κ2) is 11.0. The maximum Gasteiger partial charge on any atom is 0.247 e. The van der Waals surface area contributed by atoms with Gasteiger partial charge in [0.25, 0.3) is 0 Å². The van der Waals surface area contributed by atoms with Gasteiger partial charge in [-0.15, -0.1) is 0 Å². The van der Waals surface area contributed by atoms with Crippen molar-refractivity contribution in [2.24, 2.45) is 0 Å². The number of carbonyl (C=O) groups excluding carboxylic acids is 1. The quantitative estimate of drug-likeness (QED) is 0.439. The van der Waals surface area contributed by atoms with E-state index >= 15 is 0 Å². The van der Waals surface area contributed by atoms with Gasteiger partial charge in [0, 0.05) is 16.6 Å². The van der Waals surface area contributed by atoms with Crippen molar-refractivity contribution >= 4 is 39.1 Å². The molecule has 0 spiro atoms. The molecule has 1 unspecified atom stereocenters. The van der Waals surface area contributed by atoms with Crippen molar-refractivity contribution in [3.8, 4) is 5.75 Å². The highest BCUT2D eigenvalue weighted by Crippen LogP contribution is 2.30. The number of ether oxygens (including phenoxy) is 1. The first-order valence-electron chi connectivity index (χ1n) is 10.1. The minimum absolute atomic E-state index is 0.00157. The van der Waals surface area contributed by atoms with Crippen LogP contribution in [0.4, 0.5) is 0 Å². The number of amides is 1. The topological polar surface area (TPSA) is 75.7 Å². The molecule has 6 nitrogen and oxygen atoms in total. The van der Waals surface area contributed by atoms with Crippen LogP contribution >= 0.6 is 23.2 Å². The van der Waals surface area contributed by atoms with E-state index in [9.17, 15) is 13.2 Å². The van der Waals surface area contributed by atoms with Crippen LogP contribution in [0, 0.1) is 0 Å². The number of nitrogens with one attached hydrogen (secondary N) is 1. The largest absolute Gasteiger partial charge is 0.495 e. The lowest BCUT2D eigenvalue weighted by atomic mass is 10.1. The Bertz CT molecular complexity index is 1200. The van der Waals surface area contributed by atoms with Gasteiger partial charge < -0.3 is 10.1 Å². The number of hydrogen-bond acceptors (Lipinski definition) is 4. The molecule has 0 saturated carbocycles. The summed E-state index contributed by atoms with van der Waals surface area (Å²) in [4.78, 5) is 12.8. The highest BCUT2D eigenvalue weighted by atomic mass is 35.5. The second-order valence-corrected chi connectivity index (χ2v) is 10.2. The van der Waals surface area contributed by atoms with Gasteiger partial charge in [-0.1, -0.05) is 65.7 Å². The number of benzene rings is 3. The van der Waals surface area contributed by atoms with Crippen molar-refractivity contribution in [1.29, 1.82) is 0 Å². The molecular formula is C24H24Cl2N2O4S. The Morgan fingerprint density at radius 1 is 1.00 bits per heavy atom. The van der Waals surface area contributed by atoms with Crippen LogP contribution in [0.25, 0.3) is 0 Å². The van der Waals surface area contributed by atoms with E-state index in [2.05, 4.69) is 5.32 Å². The Morgan fingerprint density at radius 3 is 2.27 bits per heavy atom. The average molecular weight is 507 g/mol. The molecule has 0 fully saturated rings. The molecule has 0 radical (unpaired) electrons. The van der Waals surface area contributed by atoms with Crippen LogP contribution in [-0.4, -0.2) is 32.3 Å². The van der Waals surface area contributed by atoms with E-state index in [-0.39, 0.29) is 34.8 Å². The monoisotopic (exact) mass is 506 g/mol. The molecule has 33 heavy (non-hydrogen) atoms. The Labute approximate surface area is 204 Å². The van der Waals surface area contributed by atoms with Crippen LogP contribution < -0.4 is 10.1 Å². The Hall–Kier alpha value is -2.58. The SMILES string of the molecule is COc1ccc(Cl)cc1S(=O)(=O)N(CC(=O)NC(C)c1ccc(Cl)cc1)Cc1ccccc1. The standard InChI is InChI=1S/C24H24Cl2N2O4S/c1-17(19-8-10-20(25)11-9-19)27-24(29)16-28(15-18-6-4-3-5-7-18)33(30,31)23-14-21(26)12-13-22(23)32-2/h3-14,17H,15-16H2,1-2H3,(H,27,29). The zero-order chi connectivity index (χ0) is 24.0. The van der Waals surface area contributed by atoms with Crippen molar-refractivity contribution in [3.63, 3.8) is 0 Å². The molecular weight excluding hydrogens is 483 g/mol. The summed E-state index contributed by atoms with van der Waals surface area (Å²) in [5.41, 5.74) is 1.59. The van der Waals surface area contributed by atoms with Crippen molar-refractivity contribution < 1.29 is 17.9 Å². The van der Waals surface area contributed by atoms with Crippen LogP contribution in [0.5, 0.6) is 5.75 Å². The van der Waals surface area contributed by atoms with Crippen molar-refractivity contribution in [1.82, 2.24) is 9.62 Å². The molecule has 0 bridgehead atoms. The minimum Gasteiger partial charge on any atom is -0.495 e. The fourth-order valence-electron chi connectivity index (χ4n) is 3.29. The molecule has 0 aliphatic heterocycles. The van der Waals surface area contributed by atoms with Crippen LogP contribution in [0.1, 0.15) is 24.1 Å². The van der Waals surface area contributed by atoms with Gasteiger partial charge in [-0.05, 0) is 48.4 Å². The van der Waals surface area contributed by atoms with E-state index in [1.165, 1.54) is 19.2 Å². The molecule has 3 aromatic carbocycles. The van der Waals surface area contributed by atoms with Gasteiger partial charge in [0.1, 0.15) is 10.6 Å². The smallest absolute Gasteiger partial charge is 0.247 e. The molecule has 0 heterocycles. The third-order valence-corrected chi connectivity index (χ3v) is 7.31. The molecule has 1 N–H and O–H groups in total. The van der Waals surface area contributed by atoms with Gasteiger partial charge >= 0.3 is 0 Å². The van der Waals surface area contributed by atoms with Crippen LogP contribution in [-0.2, 0) is 21.4 Å². The summed E-state index contributed by atoms with van der Waals surface area (Å²) in [5.74, 6) is -0.301. The zero-order valence-corrected chi connectivity index (χ0v) is 20.5. The van der Waals surface area contributed by atoms with E-state index in [4.69, 9.17) is 27.9 Å². The number of sulfonamides is 1. The van der Waals surface area contributed by atoms with E-state index in [0.717, 1.165) is 15.4 Å². The molecule has 1 amide bonds. The molecule has 3 aromatic rings. The predicted octanol–water partition coefficient (Wildman–Crippen LogP) is 5.07. The number of rotatable bonds is 9. The fourth-order valence-corrected chi connectivity index (χ4v) is 5.21. The molecule has 0 aromatic heterocycles. The molecule has 0 aliphatic rings. The average Bonchev–Trinajstić information content (AvgIpc) is 2.79. The van der Waals surface area contributed by atoms with E-state index in [0.29, 0.717) is 5.02 Å². The van der Waals surface area contributed by atoms with E-state index in [1.54, 1.807) is 30.3 Å². The Kier molecular flexibility index (Phi) is 8.37. The summed E-state index contributed by atoms with van der Waals surface area (Å²) in [5, 5.41) is 3.69. The maximum atomic E-state index is 13.6. The number of methoxy groups -OCH3 is 1. The predicted molar refractivity (Wildman–Crippen MR) is 130 cm³/mol. The minimum atomic E-state index is -4.12. The van der Waals surface area contributed by atoms with Crippen molar-refractivity contribution in [2.75, 3.05) is 13.7 Å². The lowest BCUT2D eigenvalue weighted by Gasteiger charge is -2.24. The highest BCUT2D eigenvalue weighted by Gasteiger charge is 2.30. The van der Waals surface area contributed by atoms with Gasteiger partial charge in [0.15, 0.2) is 0 Å². The number of nitrogens with zero attached hydrogens (tertiary/aromatic N) is 1.